The molecule has 0 saturated carbocycles. The van der Waals surface area contributed by atoms with Crippen LogP contribution in [0.2, 0.25) is 0 Å². The number of aromatic hydroxyl groups is 1. The largest absolute Gasteiger partial charge is 0.508 e. The van der Waals surface area contributed by atoms with Crippen LogP contribution in [0, 0.1) is 0 Å². The van der Waals surface area contributed by atoms with E-state index in [0.29, 0.717) is 18.8 Å². The van der Waals surface area contributed by atoms with Crippen LogP contribution in [0.3, 0.4) is 0 Å². The first kappa shape index (κ1) is 13.0. The number of hydrogen-bond donors (Lipinski definition) is 2. The van der Waals surface area contributed by atoms with Crippen molar-refractivity contribution in [3.8, 4) is 5.75 Å². The molecule has 2 amide bonds. The van der Waals surface area contributed by atoms with Crippen LogP contribution < -0.4 is 5.32 Å². The fourth-order valence-corrected chi connectivity index (χ4v) is 3.37. The molecule has 0 radical (unpaired) electrons. The molecule has 1 fully saturated rings. The van der Waals surface area contributed by atoms with Gasteiger partial charge in [-0.25, -0.2) is 0 Å². The van der Waals surface area contributed by atoms with Gasteiger partial charge in [0.25, 0.3) is 0 Å². The van der Waals surface area contributed by atoms with E-state index >= 15 is 0 Å². The molecule has 104 valence electrons. The lowest BCUT2D eigenvalue weighted by atomic mass is 10.2. The fraction of sp³-hybridized carbons (Fsp3) is 0.308. The van der Waals surface area contributed by atoms with Gasteiger partial charge in [-0.1, -0.05) is 17.8 Å². The number of phenols is 1. The van der Waals surface area contributed by atoms with Gasteiger partial charge in [0, 0.05) is 24.7 Å². The SMILES string of the molecule is O=C(CC1SC2=NCCN2C1=O)Nc1cccc(O)c1. The Bertz CT molecular complexity index is 602. The van der Waals surface area contributed by atoms with E-state index in [9.17, 15) is 14.7 Å². The molecule has 2 aliphatic heterocycles. The summed E-state index contributed by atoms with van der Waals surface area (Å²) in [6, 6.07) is 6.32. The molecule has 1 aromatic carbocycles. The van der Waals surface area contributed by atoms with Gasteiger partial charge in [-0.2, -0.15) is 0 Å². The number of carbonyl (C=O) groups is 2. The number of fused-ring (bicyclic) bond motifs is 1. The molecule has 0 bridgehead atoms. The highest BCUT2D eigenvalue weighted by Crippen LogP contribution is 2.31. The maximum Gasteiger partial charge on any atom is 0.242 e. The average molecular weight is 291 g/mol. The molecule has 3 rings (SSSR count). The van der Waals surface area contributed by atoms with Crippen molar-refractivity contribution in [2.24, 2.45) is 4.99 Å². The molecule has 1 atom stereocenters. The third-order valence-corrected chi connectivity index (χ3v) is 4.30. The van der Waals surface area contributed by atoms with Crippen molar-refractivity contribution in [2.75, 3.05) is 18.4 Å². The minimum Gasteiger partial charge on any atom is -0.508 e. The summed E-state index contributed by atoms with van der Waals surface area (Å²) in [4.78, 5) is 29.8. The maximum absolute atomic E-state index is 12.0. The van der Waals surface area contributed by atoms with E-state index in [2.05, 4.69) is 10.3 Å². The number of nitrogens with zero attached hydrogens (tertiary/aromatic N) is 2. The zero-order valence-electron chi connectivity index (χ0n) is 10.6. The molecule has 1 unspecified atom stereocenters. The lowest BCUT2D eigenvalue weighted by Gasteiger charge is -2.10. The monoisotopic (exact) mass is 291 g/mol. The molecule has 0 aromatic heterocycles. The zero-order chi connectivity index (χ0) is 14.1. The van der Waals surface area contributed by atoms with Crippen molar-refractivity contribution in [1.29, 1.82) is 0 Å². The van der Waals surface area contributed by atoms with Crippen molar-refractivity contribution < 1.29 is 14.7 Å². The number of amides is 2. The van der Waals surface area contributed by atoms with E-state index in [1.165, 1.54) is 23.9 Å². The minimum absolute atomic E-state index is 0.0442. The summed E-state index contributed by atoms with van der Waals surface area (Å²) in [7, 11) is 0. The first-order valence-electron chi connectivity index (χ1n) is 6.25. The number of hydrogen-bond acceptors (Lipinski definition) is 5. The molecule has 0 spiro atoms. The number of benzene rings is 1. The van der Waals surface area contributed by atoms with Crippen LogP contribution in [0.5, 0.6) is 5.75 Å². The van der Waals surface area contributed by atoms with Crippen molar-refractivity contribution >= 4 is 34.4 Å². The second-order valence-corrected chi connectivity index (χ2v) is 5.73. The van der Waals surface area contributed by atoms with Gasteiger partial charge < -0.3 is 10.4 Å². The van der Waals surface area contributed by atoms with Gasteiger partial charge in [-0.15, -0.1) is 0 Å². The third kappa shape index (κ3) is 2.49. The standard InChI is InChI=1S/C13H13N3O3S/c17-9-3-1-2-8(6-9)15-11(18)7-10-12(19)16-5-4-14-13(16)20-10/h1-3,6,10,17H,4-5,7H2,(H,15,18). The molecular weight excluding hydrogens is 278 g/mol. The second-order valence-electron chi connectivity index (χ2n) is 4.56. The van der Waals surface area contributed by atoms with E-state index in [1.54, 1.807) is 17.0 Å². The highest BCUT2D eigenvalue weighted by atomic mass is 32.2. The number of anilines is 1. The van der Waals surface area contributed by atoms with Gasteiger partial charge in [-0.05, 0) is 12.1 Å². The minimum atomic E-state index is -0.397. The fourth-order valence-electron chi connectivity index (χ4n) is 2.18. The Kier molecular flexibility index (Phi) is 3.35. The smallest absolute Gasteiger partial charge is 0.242 e. The Morgan fingerprint density at radius 2 is 2.40 bits per heavy atom. The van der Waals surface area contributed by atoms with E-state index in [0.717, 1.165) is 5.17 Å². The lowest BCUT2D eigenvalue weighted by Crippen LogP contribution is -2.32. The number of nitrogens with one attached hydrogen (secondary N) is 1. The highest BCUT2D eigenvalue weighted by Gasteiger charge is 2.40. The molecule has 2 heterocycles. The van der Waals surface area contributed by atoms with Gasteiger partial charge in [0.1, 0.15) is 11.0 Å². The topological polar surface area (TPSA) is 82.0 Å². The van der Waals surface area contributed by atoms with Gasteiger partial charge >= 0.3 is 0 Å². The highest BCUT2D eigenvalue weighted by molar-refractivity contribution is 8.15. The Labute approximate surface area is 119 Å². The summed E-state index contributed by atoms with van der Waals surface area (Å²) in [5, 5.41) is 12.3. The molecule has 0 aliphatic carbocycles. The summed E-state index contributed by atoms with van der Waals surface area (Å²) in [5.41, 5.74) is 0.517. The van der Waals surface area contributed by atoms with E-state index in [-0.39, 0.29) is 24.0 Å². The molecule has 20 heavy (non-hydrogen) atoms. The van der Waals surface area contributed by atoms with E-state index < -0.39 is 5.25 Å². The van der Waals surface area contributed by atoms with Crippen molar-refractivity contribution in [3.05, 3.63) is 24.3 Å². The quantitative estimate of drug-likeness (QED) is 0.871. The van der Waals surface area contributed by atoms with Gasteiger partial charge in [0.05, 0.1) is 6.54 Å². The first-order chi connectivity index (χ1) is 9.63. The Morgan fingerprint density at radius 1 is 1.55 bits per heavy atom. The lowest BCUT2D eigenvalue weighted by molar-refractivity contribution is -0.127. The van der Waals surface area contributed by atoms with Gasteiger partial charge in [-0.3, -0.25) is 19.5 Å². The van der Waals surface area contributed by atoms with Crippen molar-refractivity contribution in [1.82, 2.24) is 4.90 Å². The van der Waals surface area contributed by atoms with Crippen LogP contribution in [0.15, 0.2) is 29.3 Å². The number of amidine groups is 1. The molecule has 2 N–H and O–H groups in total. The Hall–Kier alpha value is -2.02. The number of thioether (sulfide) groups is 1. The summed E-state index contributed by atoms with van der Waals surface area (Å²) < 4.78 is 0. The second kappa shape index (κ2) is 5.16. The van der Waals surface area contributed by atoms with Crippen LogP contribution in [-0.4, -0.2) is 45.3 Å². The Morgan fingerprint density at radius 3 is 3.15 bits per heavy atom. The third-order valence-electron chi connectivity index (χ3n) is 3.09. The molecule has 2 aliphatic rings. The number of phenolic OH excluding ortho intramolecular Hbond substituents is 1. The zero-order valence-corrected chi connectivity index (χ0v) is 11.4. The maximum atomic E-state index is 12.0. The van der Waals surface area contributed by atoms with Crippen LogP contribution in [-0.2, 0) is 9.59 Å². The van der Waals surface area contributed by atoms with E-state index in [1.807, 2.05) is 0 Å². The van der Waals surface area contributed by atoms with Crippen LogP contribution in [0.1, 0.15) is 6.42 Å². The first-order valence-corrected chi connectivity index (χ1v) is 7.13. The summed E-state index contributed by atoms with van der Waals surface area (Å²) in [5.74, 6) is -0.204. The van der Waals surface area contributed by atoms with Crippen LogP contribution >= 0.6 is 11.8 Å². The predicted molar refractivity (Wildman–Crippen MR) is 76.7 cm³/mol. The summed E-state index contributed by atoms with van der Waals surface area (Å²) in [6.07, 6.45) is 0.106. The number of carbonyl (C=O) groups excluding carboxylic acids is 2. The molecule has 1 saturated heterocycles. The van der Waals surface area contributed by atoms with Crippen molar-refractivity contribution in [2.45, 2.75) is 11.7 Å². The molecular formula is C13H13N3O3S. The number of aliphatic imine (C=N–C) groups is 1. The van der Waals surface area contributed by atoms with Crippen LogP contribution in [0.4, 0.5) is 5.69 Å². The molecule has 7 heteroatoms. The number of rotatable bonds is 3. The van der Waals surface area contributed by atoms with Gasteiger partial charge in [0.2, 0.25) is 11.8 Å². The average Bonchev–Trinajstić information content (AvgIpc) is 2.94. The normalized spacial score (nSPS) is 20.8. The predicted octanol–water partition coefficient (Wildman–Crippen LogP) is 1.03. The molecule has 1 aromatic rings. The molecule has 6 nitrogen and oxygen atoms in total. The van der Waals surface area contributed by atoms with Crippen LogP contribution in [0.25, 0.3) is 0 Å². The van der Waals surface area contributed by atoms with Gasteiger partial charge in [0.15, 0.2) is 5.17 Å². The Balaban J connectivity index is 1.61. The summed E-state index contributed by atoms with van der Waals surface area (Å²) in [6.45, 7) is 1.27. The summed E-state index contributed by atoms with van der Waals surface area (Å²) >= 11 is 1.35. The van der Waals surface area contributed by atoms with E-state index in [4.69, 9.17) is 0 Å². The van der Waals surface area contributed by atoms with Crippen molar-refractivity contribution in [3.63, 3.8) is 0 Å².